The van der Waals surface area contributed by atoms with Crippen molar-refractivity contribution < 1.29 is 10.2 Å². The van der Waals surface area contributed by atoms with Gasteiger partial charge in [0.05, 0.1) is 12.0 Å². The van der Waals surface area contributed by atoms with Crippen LogP contribution in [-0.2, 0) is 13.3 Å². The summed E-state index contributed by atoms with van der Waals surface area (Å²) in [4.78, 5) is 0. The Balaban J connectivity index is 2.36. The van der Waals surface area contributed by atoms with Crippen molar-refractivity contribution in [3.63, 3.8) is 0 Å². The highest BCUT2D eigenvalue weighted by Gasteiger charge is 2.16. The molecule has 16 heavy (non-hydrogen) atoms. The first kappa shape index (κ1) is 9.63. The van der Waals surface area contributed by atoms with Crippen LogP contribution in [-0.4, -0.2) is 14.8 Å². The highest BCUT2D eigenvalue weighted by molar-refractivity contribution is 5.83. The van der Waals surface area contributed by atoms with Crippen LogP contribution in [0.1, 0.15) is 12.1 Å². The molecule has 1 heterocycles. The maximum Gasteiger partial charge on any atom is 0.120 e. The Morgan fingerprint density at radius 3 is 2.94 bits per heavy atom. The number of rotatable bonds is 2. The van der Waals surface area contributed by atoms with Gasteiger partial charge in [-0.05, 0) is 29.7 Å². The lowest BCUT2D eigenvalue weighted by molar-refractivity contribution is 0.189. The zero-order valence-corrected chi connectivity index (χ0v) is 8.85. The molecule has 0 saturated heterocycles. The highest BCUT2D eigenvalue weighted by Crippen LogP contribution is 2.23. The molecule has 0 atom stereocenters. The molecule has 0 bridgehead atoms. The monoisotopic (exact) mass is 215 g/mol. The number of aromatic nitrogens is 1. The summed E-state index contributed by atoms with van der Waals surface area (Å²) < 4.78 is 1.78. The molecule has 2 aliphatic rings. The van der Waals surface area contributed by atoms with Gasteiger partial charge in [0.25, 0.3) is 0 Å². The Hall–Kier alpha value is -1.58. The van der Waals surface area contributed by atoms with Gasteiger partial charge < -0.3 is 14.8 Å². The minimum atomic E-state index is -0.0838. The van der Waals surface area contributed by atoms with E-state index in [1.807, 2.05) is 6.07 Å². The van der Waals surface area contributed by atoms with E-state index in [9.17, 15) is 10.2 Å². The summed E-state index contributed by atoms with van der Waals surface area (Å²) in [7, 11) is 0. The van der Waals surface area contributed by atoms with Crippen LogP contribution < -0.4 is 10.6 Å². The first-order chi connectivity index (χ1) is 7.85. The standard InChI is InChI=1S/C13H13NO2/c15-7-11-6-10-5-9-3-1-2-4-12(9)13(10)14(11)8-16/h1-3,5-6,15-16H,4,7-8H2. The Morgan fingerprint density at radius 1 is 1.31 bits per heavy atom. The molecule has 0 spiro atoms. The summed E-state index contributed by atoms with van der Waals surface area (Å²) in [6, 6.07) is 1.94. The number of allylic oxidation sites excluding steroid dienone is 4. The Morgan fingerprint density at radius 2 is 2.19 bits per heavy atom. The average molecular weight is 215 g/mol. The molecule has 0 radical (unpaired) electrons. The summed E-state index contributed by atoms with van der Waals surface area (Å²) in [6.07, 6.45) is 9.25. The van der Waals surface area contributed by atoms with Gasteiger partial charge in [-0.25, -0.2) is 0 Å². The maximum atomic E-state index is 9.38. The summed E-state index contributed by atoms with van der Waals surface area (Å²) in [6.45, 7) is -0.122. The van der Waals surface area contributed by atoms with Gasteiger partial charge in [-0.1, -0.05) is 18.2 Å². The van der Waals surface area contributed by atoms with Crippen molar-refractivity contribution in [3.8, 4) is 0 Å². The average Bonchev–Trinajstić information content (AvgIpc) is 2.83. The minimum absolute atomic E-state index is 0.0381. The molecule has 0 aliphatic heterocycles. The molecule has 3 rings (SSSR count). The zero-order chi connectivity index (χ0) is 11.1. The fraction of sp³-hybridized carbons (Fsp3) is 0.231. The molecule has 0 unspecified atom stereocenters. The first-order valence-electron chi connectivity index (χ1n) is 5.37. The molecular weight excluding hydrogens is 202 g/mol. The number of aliphatic hydroxyl groups is 2. The van der Waals surface area contributed by atoms with Crippen molar-refractivity contribution in [2.24, 2.45) is 0 Å². The molecule has 82 valence electrons. The SMILES string of the molecule is OCc1cc2c(n1CO)=C1CC=CC=C1C=2. The molecule has 0 amide bonds. The van der Waals surface area contributed by atoms with Crippen molar-refractivity contribution in [2.75, 3.05) is 0 Å². The Labute approximate surface area is 93.0 Å². The van der Waals surface area contributed by atoms with E-state index < -0.39 is 0 Å². The van der Waals surface area contributed by atoms with E-state index >= 15 is 0 Å². The molecule has 0 fully saturated rings. The molecule has 3 heteroatoms. The lowest BCUT2D eigenvalue weighted by Gasteiger charge is -2.09. The van der Waals surface area contributed by atoms with Gasteiger partial charge in [0.2, 0.25) is 0 Å². The maximum absolute atomic E-state index is 9.38. The van der Waals surface area contributed by atoms with Gasteiger partial charge in [-0.3, -0.25) is 0 Å². The normalized spacial score (nSPS) is 16.9. The van der Waals surface area contributed by atoms with E-state index in [0.29, 0.717) is 0 Å². The molecule has 2 N–H and O–H groups in total. The summed E-state index contributed by atoms with van der Waals surface area (Å²) in [5.74, 6) is 0. The van der Waals surface area contributed by atoms with Crippen LogP contribution in [0.15, 0.2) is 29.9 Å². The van der Waals surface area contributed by atoms with Gasteiger partial charge >= 0.3 is 0 Å². The van der Waals surface area contributed by atoms with Crippen LogP contribution in [0.5, 0.6) is 0 Å². The minimum Gasteiger partial charge on any atom is -0.390 e. The highest BCUT2D eigenvalue weighted by atomic mass is 16.3. The summed E-state index contributed by atoms with van der Waals surface area (Å²) >= 11 is 0. The lowest BCUT2D eigenvalue weighted by atomic mass is 10.0. The molecular formula is C13H13NO2. The molecule has 1 aromatic heterocycles. The fourth-order valence-corrected chi connectivity index (χ4v) is 2.48. The van der Waals surface area contributed by atoms with Gasteiger partial charge in [-0.2, -0.15) is 0 Å². The third-order valence-corrected chi connectivity index (χ3v) is 3.19. The van der Waals surface area contributed by atoms with Crippen molar-refractivity contribution in [1.82, 2.24) is 4.57 Å². The number of hydrogen-bond donors (Lipinski definition) is 2. The number of aliphatic hydroxyl groups excluding tert-OH is 2. The lowest BCUT2D eigenvalue weighted by Crippen LogP contribution is -2.29. The third-order valence-electron chi connectivity index (χ3n) is 3.19. The van der Waals surface area contributed by atoms with Crippen molar-refractivity contribution >= 4 is 11.6 Å². The third kappa shape index (κ3) is 1.16. The molecule has 0 aromatic carbocycles. The number of fused-ring (bicyclic) bond motifs is 2. The second kappa shape index (κ2) is 3.47. The van der Waals surface area contributed by atoms with Crippen LogP contribution in [0.4, 0.5) is 0 Å². The van der Waals surface area contributed by atoms with E-state index in [-0.39, 0.29) is 13.3 Å². The van der Waals surface area contributed by atoms with Gasteiger partial charge in [0.1, 0.15) is 6.73 Å². The number of nitrogens with zero attached hydrogens (tertiary/aromatic N) is 1. The largest absolute Gasteiger partial charge is 0.390 e. The smallest absolute Gasteiger partial charge is 0.120 e. The predicted octanol–water partition coefficient (Wildman–Crippen LogP) is -0.239. The molecule has 3 nitrogen and oxygen atoms in total. The van der Waals surface area contributed by atoms with Crippen LogP contribution in [0.3, 0.4) is 0 Å². The van der Waals surface area contributed by atoms with Crippen molar-refractivity contribution in [3.05, 3.63) is 46.1 Å². The predicted molar refractivity (Wildman–Crippen MR) is 61.5 cm³/mol. The van der Waals surface area contributed by atoms with Crippen LogP contribution in [0.25, 0.3) is 11.6 Å². The molecule has 0 saturated carbocycles. The van der Waals surface area contributed by atoms with Gasteiger partial charge in [0, 0.05) is 10.9 Å². The summed E-state index contributed by atoms with van der Waals surface area (Å²) in [5.41, 5.74) is 3.23. The number of hydrogen-bond acceptors (Lipinski definition) is 2. The zero-order valence-electron chi connectivity index (χ0n) is 8.85. The van der Waals surface area contributed by atoms with Crippen LogP contribution in [0, 0.1) is 0 Å². The van der Waals surface area contributed by atoms with E-state index in [0.717, 1.165) is 22.7 Å². The Kier molecular flexibility index (Phi) is 2.09. The van der Waals surface area contributed by atoms with E-state index in [2.05, 4.69) is 24.3 Å². The second-order valence-electron chi connectivity index (χ2n) is 4.04. The summed E-state index contributed by atoms with van der Waals surface area (Å²) in [5, 5.41) is 20.8. The first-order valence-corrected chi connectivity index (χ1v) is 5.37. The fourth-order valence-electron chi connectivity index (χ4n) is 2.48. The Bertz CT molecular complexity index is 617. The van der Waals surface area contributed by atoms with Crippen molar-refractivity contribution in [1.29, 1.82) is 0 Å². The topological polar surface area (TPSA) is 45.4 Å². The van der Waals surface area contributed by atoms with E-state index in [1.54, 1.807) is 4.57 Å². The molecule has 1 aromatic rings. The van der Waals surface area contributed by atoms with E-state index in [1.165, 1.54) is 11.1 Å². The van der Waals surface area contributed by atoms with Gasteiger partial charge in [0.15, 0.2) is 0 Å². The van der Waals surface area contributed by atoms with Crippen LogP contribution in [0.2, 0.25) is 0 Å². The van der Waals surface area contributed by atoms with Gasteiger partial charge in [-0.15, -0.1) is 0 Å². The quantitative estimate of drug-likeness (QED) is 0.715. The molecule has 2 aliphatic carbocycles. The van der Waals surface area contributed by atoms with E-state index in [4.69, 9.17) is 0 Å². The van der Waals surface area contributed by atoms with Crippen molar-refractivity contribution in [2.45, 2.75) is 19.8 Å². The second-order valence-corrected chi connectivity index (χ2v) is 4.04. The van der Waals surface area contributed by atoms with Crippen LogP contribution >= 0.6 is 0 Å².